The van der Waals surface area contributed by atoms with Crippen LogP contribution in [0.15, 0.2) is 36.4 Å². The van der Waals surface area contributed by atoms with Crippen LogP contribution in [0.3, 0.4) is 0 Å². The van der Waals surface area contributed by atoms with E-state index in [1.807, 2.05) is 36.4 Å². The van der Waals surface area contributed by atoms with E-state index in [-0.39, 0.29) is 17.6 Å². The van der Waals surface area contributed by atoms with Gasteiger partial charge in [0, 0.05) is 11.1 Å². The van der Waals surface area contributed by atoms with E-state index in [0.717, 1.165) is 11.1 Å². The molecule has 0 saturated heterocycles. The topological polar surface area (TPSA) is 54.0 Å². The fraction of sp³-hybridized carbons (Fsp3) is 0.316. The van der Waals surface area contributed by atoms with E-state index in [1.54, 1.807) is 14.2 Å². The molecule has 0 radical (unpaired) electrons. The molecular formula is C19H18O5. The van der Waals surface area contributed by atoms with Crippen molar-refractivity contribution in [3.8, 4) is 23.0 Å². The number of carbonyl (C=O) groups is 1. The average Bonchev–Trinajstić information content (AvgIpc) is 3.24. The third-order valence-electron chi connectivity index (χ3n) is 4.68. The van der Waals surface area contributed by atoms with Crippen molar-refractivity contribution < 1.29 is 23.7 Å². The number of hydrogen-bond donors (Lipinski definition) is 0. The van der Waals surface area contributed by atoms with Crippen LogP contribution in [0.4, 0.5) is 0 Å². The van der Waals surface area contributed by atoms with Crippen molar-refractivity contribution in [2.75, 3.05) is 27.4 Å². The van der Waals surface area contributed by atoms with Crippen LogP contribution < -0.4 is 18.9 Å². The Labute approximate surface area is 140 Å². The number of carbonyl (C=O) groups excluding carboxylic acids is 1. The summed E-state index contributed by atoms with van der Waals surface area (Å²) >= 11 is 0. The number of rotatable bonds is 4. The predicted molar refractivity (Wildman–Crippen MR) is 87.5 cm³/mol. The van der Waals surface area contributed by atoms with Gasteiger partial charge in [0.05, 0.1) is 26.1 Å². The summed E-state index contributed by atoms with van der Waals surface area (Å²) in [5, 5.41) is 0. The number of ketones is 1. The van der Waals surface area contributed by atoms with E-state index in [2.05, 4.69) is 0 Å². The largest absolute Gasteiger partial charge is 0.493 e. The van der Waals surface area contributed by atoms with Crippen molar-refractivity contribution in [1.29, 1.82) is 0 Å². The highest BCUT2D eigenvalue weighted by Crippen LogP contribution is 2.47. The molecule has 0 spiro atoms. The van der Waals surface area contributed by atoms with E-state index in [0.29, 0.717) is 36.2 Å². The van der Waals surface area contributed by atoms with Gasteiger partial charge in [0.25, 0.3) is 0 Å². The van der Waals surface area contributed by atoms with E-state index in [1.165, 1.54) is 0 Å². The van der Waals surface area contributed by atoms with Gasteiger partial charge < -0.3 is 18.9 Å². The summed E-state index contributed by atoms with van der Waals surface area (Å²) in [6.07, 6.45) is 0. The smallest absolute Gasteiger partial charge is 0.165 e. The van der Waals surface area contributed by atoms with Crippen LogP contribution in [0, 0.1) is 0 Å². The molecule has 2 aromatic rings. The van der Waals surface area contributed by atoms with Crippen molar-refractivity contribution in [3.05, 3.63) is 47.5 Å². The number of ether oxygens (including phenoxy) is 4. The molecule has 4 rings (SSSR count). The summed E-state index contributed by atoms with van der Waals surface area (Å²) in [4.78, 5) is 13.1. The zero-order valence-corrected chi connectivity index (χ0v) is 13.6. The molecule has 2 aliphatic rings. The lowest BCUT2D eigenvalue weighted by Crippen LogP contribution is -2.22. The average molecular weight is 326 g/mol. The number of Topliss-reactive ketones (excluding diaryl/α,β-unsaturated/α-hetero) is 1. The Bertz CT molecular complexity index is 733. The maximum absolute atomic E-state index is 13.1. The molecule has 0 bridgehead atoms. The van der Waals surface area contributed by atoms with Gasteiger partial charge in [-0.15, -0.1) is 0 Å². The van der Waals surface area contributed by atoms with Crippen molar-refractivity contribution in [2.45, 2.75) is 11.8 Å². The molecule has 2 heterocycles. The van der Waals surface area contributed by atoms with Gasteiger partial charge >= 0.3 is 0 Å². The highest BCUT2D eigenvalue weighted by Gasteiger charge is 2.40. The Morgan fingerprint density at radius 2 is 1.33 bits per heavy atom. The van der Waals surface area contributed by atoms with Crippen LogP contribution in [0.1, 0.15) is 23.0 Å². The van der Waals surface area contributed by atoms with Crippen LogP contribution in [-0.4, -0.2) is 33.2 Å². The van der Waals surface area contributed by atoms with Gasteiger partial charge in [-0.05, 0) is 12.1 Å². The van der Waals surface area contributed by atoms with Crippen molar-refractivity contribution in [3.63, 3.8) is 0 Å². The van der Waals surface area contributed by atoms with Crippen molar-refractivity contribution >= 4 is 5.78 Å². The minimum atomic E-state index is -0.305. The first-order chi connectivity index (χ1) is 11.7. The molecule has 5 heteroatoms. The van der Waals surface area contributed by atoms with Crippen molar-refractivity contribution in [2.24, 2.45) is 0 Å². The lowest BCUT2D eigenvalue weighted by atomic mass is 9.85. The summed E-state index contributed by atoms with van der Waals surface area (Å²) in [6.45, 7) is 0.675. The highest BCUT2D eigenvalue weighted by molar-refractivity contribution is 5.94. The summed E-state index contributed by atoms with van der Waals surface area (Å²) < 4.78 is 22.1. The van der Waals surface area contributed by atoms with Gasteiger partial charge in [0.2, 0.25) is 0 Å². The third-order valence-corrected chi connectivity index (χ3v) is 4.68. The van der Waals surface area contributed by atoms with Crippen LogP contribution in [0.2, 0.25) is 0 Å². The van der Waals surface area contributed by atoms with Crippen LogP contribution in [0.5, 0.6) is 23.0 Å². The molecule has 0 fully saturated rings. The van der Waals surface area contributed by atoms with Gasteiger partial charge in [-0.25, -0.2) is 0 Å². The standard InChI is InChI=1S/C19H18O5/c1-21-15-7-3-5-11-13(9-23-18(11)15)17(20)14-10-24-19-12(14)6-4-8-16(19)22-2/h3-8,13-14H,9-10H2,1-2H3. The van der Waals surface area contributed by atoms with Gasteiger partial charge in [0.15, 0.2) is 28.8 Å². The minimum Gasteiger partial charge on any atom is -0.493 e. The monoisotopic (exact) mass is 326 g/mol. The van der Waals surface area contributed by atoms with Crippen LogP contribution >= 0.6 is 0 Å². The highest BCUT2D eigenvalue weighted by atomic mass is 16.5. The Kier molecular flexibility index (Phi) is 3.56. The lowest BCUT2D eigenvalue weighted by Gasteiger charge is -2.13. The normalized spacial score (nSPS) is 20.6. The van der Waals surface area contributed by atoms with Gasteiger partial charge in [-0.2, -0.15) is 0 Å². The zero-order valence-electron chi connectivity index (χ0n) is 13.6. The summed E-state index contributed by atoms with van der Waals surface area (Å²) in [5.41, 5.74) is 1.77. The van der Waals surface area contributed by atoms with E-state index in [9.17, 15) is 4.79 Å². The Morgan fingerprint density at radius 3 is 1.75 bits per heavy atom. The molecule has 0 aliphatic carbocycles. The van der Waals surface area contributed by atoms with Gasteiger partial charge in [0.1, 0.15) is 13.2 Å². The number of fused-ring (bicyclic) bond motifs is 2. The molecular weight excluding hydrogens is 308 g/mol. The number of methoxy groups -OCH3 is 2. The minimum absolute atomic E-state index is 0.106. The summed E-state index contributed by atoms with van der Waals surface area (Å²) in [5.74, 6) is 2.15. The Hall–Kier alpha value is -2.69. The van der Waals surface area contributed by atoms with Gasteiger partial charge in [-0.3, -0.25) is 4.79 Å². The fourth-order valence-corrected chi connectivity index (χ4v) is 3.47. The first-order valence-corrected chi connectivity index (χ1v) is 7.87. The number of benzene rings is 2. The molecule has 2 unspecified atom stereocenters. The molecule has 0 amide bonds. The quantitative estimate of drug-likeness (QED) is 0.865. The van der Waals surface area contributed by atoms with Crippen LogP contribution in [-0.2, 0) is 4.79 Å². The zero-order chi connectivity index (χ0) is 16.7. The molecule has 24 heavy (non-hydrogen) atoms. The maximum atomic E-state index is 13.1. The molecule has 2 aromatic carbocycles. The Morgan fingerprint density at radius 1 is 0.875 bits per heavy atom. The molecule has 2 aliphatic heterocycles. The SMILES string of the molecule is COc1cccc2c1OCC2C(=O)C1COc2c(OC)cccc21. The third kappa shape index (κ3) is 2.12. The molecule has 2 atom stereocenters. The molecule has 0 saturated carbocycles. The summed E-state index contributed by atoms with van der Waals surface area (Å²) in [6, 6.07) is 11.3. The fourth-order valence-electron chi connectivity index (χ4n) is 3.47. The van der Waals surface area contributed by atoms with E-state index >= 15 is 0 Å². The summed E-state index contributed by atoms with van der Waals surface area (Å²) in [7, 11) is 3.20. The first kappa shape index (κ1) is 14.9. The Balaban J connectivity index is 1.67. The van der Waals surface area contributed by atoms with Crippen LogP contribution in [0.25, 0.3) is 0 Å². The van der Waals surface area contributed by atoms with Gasteiger partial charge in [-0.1, -0.05) is 24.3 Å². The molecule has 124 valence electrons. The molecule has 0 aromatic heterocycles. The lowest BCUT2D eigenvalue weighted by molar-refractivity contribution is -0.122. The first-order valence-electron chi connectivity index (χ1n) is 7.87. The van der Waals surface area contributed by atoms with E-state index < -0.39 is 0 Å². The predicted octanol–water partition coefficient (Wildman–Crippen LogP) is 2.93. The second-order valence-electron chi connectivity index (χ2n) is 5.89. The van der Waals surface area contributed by atoms with E-state index in [4.69, 9.17) is 18.9 Å². The molecule has 0 N–H and O–H groups in total. The second kappa shape index (κ2) is 5.74. The number of para-hydroxylation sites is 2. The second-order valence-corrected chi connectivity index (χ2v) is 5.89. The number of hydrogen-bond acceptors (Lipinski definition) is 5. The maximum Gasteiger partial charge on any atom is 0.165 e. The van der Waals surface area contributed by atoms with Crippen molar-refractivity contribution in [1.82, 2.24) is 0 Å². The molecule has 5 nitrogen and oxygen atoms in total.